The summed E-state index contributed by atoms with van der Waals surface area (Å²) < 4.78 is 6.27. The minimum atomic E-state index is 0.318. The van der Waals surface area contributed by atoms with Gasteiger partial charge in [-0.3, -0.25) is 14.6 Å². The number of ether oxygens (including phenoxy) is 1. The number of carbonyl (C=O) groups is 1. The third kappa shape index (κ3) is 7.68. The first-order valence-electron chi connectivity index (χ1n) is 14.0. The minimum Gasteiger partial charge on any atom is -0.492 e. The molecule has 0 bridgehead atoms. The maximum atomic E-state index is 13.1. The Labute approximate surface area is 213 Å². The van der Waals surface area contributed by atoms with E-state index in [2.05, 4.69) is 64.8 Å². The number of aryl methyl sites for hydroxylation is 1. The molecule has 0 aliphatic carbocycles. The quantitative estimate of drug-likeness (QED) is 0.653. The van der Waals surface area contributed by atoms with E-state index in [-0.39, 0.29) is 0 Å². The largest absolute Gasteiger partial charge is 0.492 e. The van der Waals surface area contributed by atoms with Crippen LogP contribution in [-0.4, -0.2) is 105 Å². The van der Waals surface area contributed by atoms with E-state index >= 15 is 0 Å². The van der Waals surface area contributed by atoms with E-state index in [0.29, 0.717) is 23.8 Å². The predicted molar refractivity (Wildman–Crippen MR) is 143 cm³/mol. The first kappa shape index (κ1) is 26.4. The number of benzene rings is 1. The third-order valence-corrected chi connectivity index (χ3v) is 8.35. The van der Waals surface area contributed by atoms with Crippen molar-refractivity contribution >= 4 is 5.91 Å². The average molecular weight is 485 g/mol. The van der Waals surface area contributed by atoms with E-state index in [1.165, 1.54) is 24.8 Å². The standard InChI is InChI=1S/C29H48N4O2/c1-25(2)22-32-20-21-35-27-10-5-4-8-26(27)9-6-7-11-29(24-32)12-14-33(15-13-29)28(34)23-31-18-16-30(3)17-19-31/h4-5,8,10,25H,6-7,9,11-24H2,1-3H3. The molecular weight excluding hydrogens is 436 g/mol. The molecule has 0 saturated carbocycles. The molecule has 4 rings (SSSR count). The fourth-order valence-electron chi connectivity index (χ4n) is 6.19. The molecular formula is C29H48N4O2. The number of amides is 1. The number of likely N-dealkylation sites (tertiary alicyclic amines) is 1. The minimum absolute atomic E-state index is 0.318. The molecule has 0 N–H and O–H groups in total. The molecule has 1 amide bonds. The normalized spacial score (nSPS) is 23.4. The highest BCUT2D eigenvalue weighted by Gasteiger charge is 2.37. The molecule has 2 fully saturated rings. The van der Waals surface area contributed by atoms with Gasteiger partial charge in [0, 0.05) is 58.9 Å². The van der Waals surface area contributed by atoms with Gasteiger partial charge in [0.2, 0.25) is 5.91 Å². The Hall–Kier alpha value is -1.63. The Bertz CT molecular complexity index is 798. The van der Waals surface area contributed by atoms with Crippen LogP contribution in [0, 0.1) is 11.3 Å². The highest BCUT2D eigenvalue weighted by molar-refractivity contribution is 5.78. The zero-order chi connectivity index (χ0) is 24.7. The summed E-state index contributed by atoms with van der Waals surface area (Å²) in [6, 6.07) is 8.58. The van der Waals surface area contributed by atoms with Crippen LogP contribution < -0.4 is 4.74 Å². The summed E-state index contributed by atoms with van der Waals surface area (Å²) in [5.74, 6) is 2.04. The van der Waals surface area contributed by atoms with Crippen molar-refractivity contribution in [2.45, 2.75) is 52.4 Å². The zero-order valence-corrected chi connectivity index (χ0v) is 22.5. The molecule has 1 spiro atoms. The number of hydrogen-bond donors (Lipinski definition) is 0. The van der Waals surface area contributed by atoms with Gasteiger partial charge in [-0.15, -0.1) is 0 Å². The lowest BCUT2D eigenvalue weighted by Gasteiger charge is -2.45. The number of rotatable bonds is 4. The van der Waals surface area contributed by atoms with E-state index < -0.39 is 0 Å². The van der Waals surface area contributed by atoms with Gasteiger partial charge >= 0.3 is 0 Å². The second-order valence-electron chi connectivity index (χ2n) is 11.8. The van der Waals surface area contributed by atoms with Crippen molar-refractivity contribution in [3.05, 3.63) is 29.8 Å². The highest BCUT2D eigenvalue weighted by Crippen LogP contribution is 2.38. The van der Waals surface area contributed by atoms with Crippen LogP contribution in [0.4, 0.5) is 0 Å². The fraction of sp³-hybridized carbons (Fsp3) is 0.759. The molecule has 1 aromatic carbocycles. The number of piperidine rings is 1. The van der Waals surface area contributed by atoms with Crippen molar-refractivity contribution in [3.63, 3.8) is 0 Å². The van der Waals surface area contributed by atoms with Crippen LogP contribution in [0.5, 0.6) is 5.75 Å². The monoisotopic (exact) mass is 484 g/mol. The lowest BCUT2D eigenvalue weighted by Crippen LogP contribution is -2.52. The summed E-state index contributed by atoms with van der Waals surface area (Å²) in [7, 11) is 2.17. The maximum absolute atomic E-state index is 13.1. The number of hydrogen-bond acceptors (Lipinski definition) is 5. The van der Waals surface area contributed by atoms with E-state index in [1.54, 1.807) is 0 Å². The molecule has 0 radical (unpaired) electrons. The van der Waals surface area contributed by atoms with E-state index in [4.69, 9.17) is 4.74 Å². The lowest BCUT2D eigenvalue weighted by atomic mass is 9.73. The Morgan fingerprint density at radius 1 is 0.943 bits per heavy atom. The molecule has 0 aromatic heterocycles. The maximum Gasteiger partial charge on any atom is 0.236 e. The van der Waals surface area contributed by atoms with Gasteiger partial charge in [-0.1, -0.05) is 38.5 Å². The number of fused-ring (bicyclic) bond motifs is 1. The van der Waals surface area contributed by atoms with Gasteiger partial charge < -0.3 is 14.5 Å². The average Bonchev–Trinajstić information content (AvgIpc) is 2.83. The second-order valence-corrected chi connectivity index (χ2v) is 11.8. The molecule has 196 valence electrons. The van der Waals surface area contributed by atoms with E-state index in [0.717, 1.165) is 90.5 Å². The molecule has 2 saturated heterocycles. The van der Waals surface area contributed by atoms with Crippen LogP contribution in [0.15, 0.2) is 24.3 Å². The predicted octanol–water partition coefficient (Wildman–Crippen LogP) is 3.61. The number of piperazine rings is 1. The Kier molecular flexibility index (Phi) is 9.48. The molecule has 6 nitrogen and oxygen atoms in total. The molecule has 3 heterocycles. The second kappa shape index (κ2) is 12.6. The van der Waals surface area contributed by atoms with Gasteiger partial charge in [-0.25, -0.2) is 0 Å². The van der Waals surface area contributed by atoms with Crippen molar-refractivity contribution in [2.24, 2.45) is 11.3 Å². The first-order valence-corrected chi connectivity index (χ1v) is 14.0. The topological polar surface area (TPSA) is 39.3 Å². The summed E-state index contributed by atoms with van der Waals surface area (Å²) in [4.78, 5) is 22.6. The summed E-state index contributed by atoms with van der Waals surface area (Å²) in [6.45, 7) is 15.2. The van der Waals surface area contributed by atoms with Gasteiger partial charge in [0.05, 0.1) is 6.54 Å². The van der Waals surface area contributed by atoms with Crippen molar-refractivity contribution in [3.8, 4) is 5.75 Å². The molecule has 35 heavy (non-hydrogen) atoms. The van der Waals surface area contributed by atoms with Crippen LogP contribution in [0.3, 0.4) is 0 Å². The van der Waals surface area contributed by atoms with Crippen molar-refractivity contribution in [1.82, 2.24) is 19.6 Å². The number of likely N-dealkylation sites (N-methyl/N-ethyl adjacent to an activating group) is 1. The number of nitrogens with zero attached hydrogens (tertiary/aromatic N) is 4. The molecule has 0 unspecified atom stereocenters. The summed E-state index contributed by atoms with van der Waals surface area (Å²) in [6.07, 6.45) is 7.08. The molecule has 6 heteroatoms. The Morgan fingerprint density at radius 3 is 2.43 bits per heavy atom. The Morgan fingerprint density at radius 2 is 1.69 bits per heavy atom. The number of para-hydroxylation sites is 1. The SMILES string of the molecule is CC(C)CN1CCOc2ccccc2CCCCC2(CCN(C(=O)CN3CCN(C)CC3)CC2)C1. The highest BCUT2D eigenvalue weighted by atomic mass is 16.5. The van der Waals surface area contributed by atoms with Crippen LogP contribution in [0.1, 0.15) is 51.5 Å². The molecule has 0 atom stereocenters. The van der Waals surface area contributed by atoms with Crippen LogP contribution >= 0.6 is 0 Å². The summed E-state index contributed by atoms with van der Waals surface area (Å²) >= 11 is 0. The zero-order valence-electron chi connectivity index (χ0n) is 22.5. The third-order valence-electron chi connectivity index (χ3n) is 8.35. The summed E-state index contributed by atoms with van der Waals surface area (Å²) in [5, 5.41) is 0. The smallest absolute Gasteiger partial charge is 0.236 e. The van der Waals surface area contributed by atoms with Gasteiger partial charge in [0.25, 0.3) is 0 Å². The van der Waals surface area contributed by atoms with Gasteiger partial charge in [0.15, 0.2) is 0 Å². The lowest BCUT2D eigenvalue weighted by molar-refractivity contribution is -0.135. The molecule has 3 aliphatic rings. The van der Waals surface area contributed by atoms with E-state index in [1.807, 2.05) is 0 Å². The fourth-order valence-corrected chi connectivity index (χ4v) is 6.19. The number of carbonyl (C=O) groups excluding carboxylic acids is 1. The van der Waals surface area contributed by atoms with Crippen molar-refractivity contribution in [1.29, 1.82) is 0 Å². The van der Waals surface area contributed by atoms with E-state index in [9.17, 15) is 4.79 Å². The van der Waals surface area contributed by atoms with Crippen LogP contribution in [-0.2, 0) is 11.2 Å². The van der Waals surface area contributed by atoms with Crippen LogP contribution in [0.2, 0.25) is 0 Å². The molecule has 1 aromatic rings. The molecule has 3 aliphatic heterocycles. The van der Waals surface area contributed by atoms with Gasteiger partial charge in [-0.05, 0) is 62.1 Å². The summed E-state index contributed by atoms with van der Waals surface area (Å²) in [5.41, 5.74) is 1.67. The van der Waals surface area contributed by atoms with Crippen molar-refractivity contribution < 1.29 is 9.53 Å². The van der Waals surface area contributed by atoms with Gasteiger partial charge in [-0.2, -0.15) is 0 Å². The van der Waals surface area contributed by atoms with Gasteiger partial charge in [0.1, 0.15) is 12.4 Å². The first-order chi connectivity index (χ1) is 16.9. The van der Waals surface area contributed by atoms with Crippen molar-refractivity contribution in [2.75, 3.05) is 79.1 Å². The Balaban J connectivity index is 1.38. The van der Waals surface area contributed by atoms with Crippen LogP contribution in [0.25, 0.3) is 0 Å².